The lowest BCUT2D eigenvalue weighted by atomic mass is 9.93. The van der Waals surface area contributed by atoms with Gasteiger partial charge in [-0.3, -0.25) is 19.9 Å². The standard InChI is InChI=1S/C29H23F3N6S/c30-25-4-3-24(39-25)22-13-34-14-23-26(22)37-28(36-23)27-21-10-19(2-1-18(21)5-7-35-27)20-9-17(11-33-12-20)15-38-8-6-29(31,32)16-38/h1-4,9-14H,5-8,15-16H2,(H,36,37). The van der Waals surface area contributed by atoms with Crippen molar-refractivity contribution in [2.45, 2.75) is 25.3 Å². The van der Waals surface area contributed by atoms with Crippen LogP contribution >= 0.6 is 11.3 Å². The maximum absolute atomic E-state index is 13.7. The van der Waals surface area contributed by atoms with Crippen LogP contribution in [0.15, 0.2) is 66.2 Å². The second-order valence-corrected chi connectivity index (χ2v) is 11.1. The van der Waals surface area contributed by atoms with Crippen LogP contribution < -0.4 is 0 Å². The zero-order valence-corrected chi connectivity index (χ0v) is 21.6. The predicted molar refractivity (Wildman–Crippen MR) is 146 cm³/mol. The molecule has 1 fully saturated rings. The summed E-state index contributed by atoms with van der Waals surface area (Å²) in [6.07, 6.45) is 7.68. The molecule has 6 nitrogen and oxygen atoms in total. The summed E-state index contributed by atoms with van der Waals surface area (Å²) in [4.78, 5) is 24.3. The molecule has 6 heterocycles. The van der Waals surface area contributed by atoms with Gasteiger partial charge in [0, 0.05) is 66.2 Å². The zero-order valence-electron chi connectivity index (χ0n) is 20.8. The molecule has 0 bridgehead atoms. The number of nitrogens with zero attached hydrogens (tertiary/aromatic N) is 5. The fourth-order valence-corrected chi connectivity index (χ4v) is 6.13. The van der Waals surface area contributed by atoms with E-state index in [1.165, 1.54) is 11.6 Å². The van der Waals surface area contributed by atoms with Gasteiger partial charge in [0.15, 0.2) is 11.0 Å². The summed E-state index contributed by atoms with van der Waals surface area (Å²) < 4.78 is 41.0. The Kier molecular flexibility index (Phi) is 5.82. The Balaban J connectivity index is 1.22. The van der Waals surface area contributed by atoms with Gasteiger partial charge in [-0.25, -0.2) is 13.8 Å². The lowest BCUT2D eigenvalue weighted by Crippen LogP contribution is -2.24. The highest BCUT2D eigenvalue weighted by Gasteiger charge is 2.38. The number of benzene rings is 1. The molecule has 0 amide bonds. The lowest BCUT2D eigenvalue weighted by Gasteiger charge is -2.18. The van der Waals surface area contributed by atoms with E-state index < -0.39 is 5.92 Å². The second kappa shape index (κ2) is 9.39. The maximum Gasteiger partial charge on any atom is 0.261 e. The Labute approximate surface area is 226 Å². The number of halogens is 3. The number of H-pyrrole nitrogens is 1. The number of aliphatic imine (C=N–C) groups is 1. The Morgan fingerprint density at radius 3 is 2.69 bits per heavy atom. The van der Waals surface area contributed by atoms with E-state index in [1.54, 1.807) is 35.8 Å². The van der Waals surface area contributed by atoms with Crippen LogP contribution in [0.5, 0.6) is 0 Å². The molecule has 5 aromatic rings. The van der Waals surface area contributed by atoms with Crippen molar-refractivity contribution >= 4 is 28.1 Å². The van der Waals surface area contributed by atoms with Crippen LogP contribution in [0.3, 0.4) is 0 Å². The fourth-order valence-electron chi connectivity index (χ4n) is 5.39. The first-order valence-corrected chi connectivity index (χ1v) is 13.6. The molecule has 1 aromatic carbocycles. The molecule has 2 aliphatic heterocycles. The van der Waals surface area contributed by atoms with E-state index in [0.717, 1.165) is 67.2 Å². The average Bonchev–Trinajstić information content (AvgIpc) is 3.65. The molecule has 0 saturated carbocycles. The number of thiophene rings is 1. The van der Waals surface area contributed by atoms with Crippen molar-refractivity contribution in [3.63, 3.8) is 0 Å². The number of aromatic amines is 1. The summed E-state index contributed by atoms with van der Waals surface area (Å²) in [7, 11) is 0. The minimum atomic E-state index is -2.62. The van der Waals surface area contributed by atoms with Crippen molar-refractivity contribution in [2.75, 3.05) is 19.6 Å². The molecule has 39 heavy (non-hydrogen) atoms. The molecule has 196 valence electrons. The van der Waals surface area contributed by atoms with Crippen LogP contribution in [-0.2, 0) is 13.0 Å². The number of nitrogens with one attached hydrogen (secondary N) is 1. The zero-order chi connectivity index (χ0) is 26.6. The van der Waals surface area contributed by atoms with Gasteiger partial charge >= 0.3 is 0 Å². The van der Waals surface area contributed by atoms with Gasteiger partial charge < -0.3 is 4.98 Å². The van der Waals surface area contributed by atoms with Gasteiger partial charge in [-0.05, 0) is 47.4 Å². The van der Waals surface area contributed by atoms with Crippen molar-refractivity contribution in [3.05, 3.63) is 88.8 Å². The first kappa shape index (κ1) is 24.2. The third-order valence-corrected chi connectivity index (χ3v) is 8.16. The molecule has 0 atom stereocenters. The highest BCUT2D eigenvalue weighted by atomic mass is 32.1. The first-order chi connectivity index (χ1) is 18.9. The van der Waals surface area contributed by atoms with Gasteiger partial charge in [0.05, 0.1) is 18.3 Å². The highest BCUT2D eigenvalue weighted by molar-refractivity contribution is 7.14. The van der Waals surface area contributed by atoms with Gasteiger partial charge in [0.1, 0.15) is 11.2 Å². The molecule has 7 rings (SSSR count). The molecule has 4 aromatic heterocycles. The van der Waals surface area contributed by atoms with Crippen LogP contribution in [0.1, 0.15) is 28.9 Å². The smallest absolute Gasteiger partial charge is 0.261 e. The van der Waals surface area contributed by atoms with Gasteiger partial charge in [0.2, 0.25) is 0 Å². The molecular weight excluding hydrogens is 521 g/mol. The lowest BCUT2D eigenvalue weighted by molar-refractivity contribution is 0.0115. The molecule has 0 aliphatic carbocycles. The SMILES string of the molecule is Fc1ccc(-c2cncc3[nH]c(C4=NCCc5ccc(-c6cncc(CN7CCC(F)(F)C7)c6)cc54)nc23)s1. The van der Waals surface area contributed by atoms with Crippen molar-refractivity contribution < 1.29 is 13.2 Å². The maximum atomic E-state index is 13.7. The van der Waals surface area contributed by atoms with Crippen LogP contribution in [-0.4, -0.2) is 56.1 Å². The highest BCUT2D eigenvalue weighted by Crippen LogP contribution is 2.33. The number of pyridine rings is 2. The van der Waals surface area contributed by atoms with Crippen molar-refractivity contribution in [1.82, 2.24) is 24.8 Å². The van der Waals surface area contributed by atoms with E-state index >= 15 is 0 Å². The van der Waals surface area contributed by atoms with Crippen molar-refractivity contribution in [3.8, 4) is 21.6 Å². The van der Waals surface area contributed by atoms with Crippen molar-refractivity contribution in [2.24, 2.45) is 4.99 Å². The number of aromatic nitrogens is 4. The molecule has 10 heteroatoms. The third kappa shape index (κ3) is 4.63. The summed E-state index contributed by atoms with van der Waals surface area (Å²) in [6, 6.07) is 11.5. The van der Waals surface area contributed by atoms with Gasteiger partial charge in [-0.2, -0.15) is 4.39 Å². The Morgan fingerprint density at radius 1 is 0.974 bits per heavy atom. The predicted octanol–water partition coefficient (Wildman–Crippen LogP) is 6.12. The topological polar surface area (TPSA) is 70.1 Å². The van der Waals surface area contributed by atoms with Crippen LogP contribution in [0.4, 0.5) is 13.2 Å². The summed E-state index contributed by atoms with van der Waals surface area (Å²) in [5, 5.41) is -0.257. The van der Waals surface area contributed by atoms with Gasteiger partial charge in [0.25, 0.3) is 5.92 Å². The number of likely N-dealkylation sites (tertiary alicyclic amines) is 1. The van der Waals surface area contributed by atoms with E-state index in [-0.39, 0.29) is 18.1 Å². The Bertz CT molecular complexity index is 1740. The van der Waals surface area contributed by atoms with E-state index in [0.29, 0.717) is 25.5 Å². The number of imidazole rings is 1. The third-order valence-electron chi connectivity index (χ3n) is 7.26. The van der Waals surface area contributed by atoms with Crippen LogP contribution in [0.2, 0.25) is 0 Å². The van der Waals surface area contributed by atoms with E-state index in [4.69, 9.17) is 9.98 Å². The van der Waals surface area contributed by atoms with E-state index in [1.807, 2.05) is 6.07 Å². The second-order valence-electron chi connectivity index (χ2n) is 10.0. The molecule has 1 saturated heterocycles. The van der Waals surface area contributed by atoms with Gasteiger partial charge in [-0.15, -0.1) is 11.3 Å². The van der Waals surface area contributed by atoms with E-state index in [9.17, 15) is 13.2 Å². The minimum absolute atomic E-state index is 0.101. The largest absolute Gasteiger partial charge is 0.335 e. The number of fused-ring (bicyclic) bond motifs is 2. The monoisotopic (exact) mass is 544 g/mol. The summed E-state index contributed by atoms with van der Waals surface area (Å²) in [5.74, 6) is -1.98. The molecule has 1 N–H and O–H groups in total. The number of hydrogen-bond acceptors (Lipinski definition) is 6. The molecule has 0 unspecified atom stereocenters. The molecule has 2 aliphatic rings. The minimum Gasteiger partial charge on any atom is -0.335 e. The number of hydrogen-bond donors (Lipinski definition) is 1. The Morgan fingerprint density at radius 2 is 1.87 bits per heavy atom. The molecule has 0 spiro atoms. The van der Waals surface area contributed by atoms with E-state index in [2.05, 4.69) is 33.2 Å². The van der Waals surface area contributed by atoms with Crippen LogP contribution in [0, 0.1) is 5.13 Å². The normalized spacial score (nSPS) is 16.9. The summed E-state index contributed by atoms with van der Waals surface area (Å²) >= 11 is 1.06. The Hall–Kier alpha value is -3.89. The van der Waals surface area contributed by atoms with Crippen LogP contribution in [0.25, 0.3) is 32.6 Å². The molecular formula is C29H23F3N6S. The molecule has 0 radical (unpaired) electrons. The fraction of sp³-hybridized carbons (Fsp3) is 0.241. The van der Waals surface area contributed by atoms with Crippen molar-refractivity contribution in [1.29, 1.82) is 0 Å². The quantitative estimate of drug-likeness (QED) is 0.289. The van der Waals surface area contributed by atoms with Gasteiger partial charge in [-0.1, -0.05) is 12.1 Å². The number of rotatable bonds is 5. The summed E-state index contributed by atoms with van der Waals surface area (Å²) in [6.45, 7) is 1.26. The first-order valence-electron chi connectivity index (χ1n) is 12.7. The average molecular weight is 545 g/mol. The number of alkyl halides is 2. The summed E-state index contributed by atoms with van der Waals surface area (Å²) in [5.41, 5.74) is 7.96.